The molecule has 86 valence electrons. The van der Waals surface area contributed by atoms with Crippen molar-refractivity contribution in [2.24, 2.45) is 0 Å². The quantitative estimate of drug-likeness (QED) is 0.859. The summed E-state index contributed by atoms with van der Waals surface area (Å²) < 4.78 is 18.8. The van der Waals surface area contributed by atoms with E-state index >= 15 is 0 Å². The van der Waals surface area contributed by atoms with E-state index in [4.69, 9.17) is 9.84 Å². The Morgan fingerprint density at radius 2 is 2.12 bits per heavy atom. The van der Waals surface area contributed by atoms with Crippen molar-refractivity contribution in [3.63, 3.8) is 0 Å². The van der Waals surface area contributed by atoms with Crippen molar-refractivity contribution >= 4 is 27.7 Å². The Bertz CT molecular complexity index is 445. The van der Waals surface area contributed by atoms with E-state index < -0.39 is 24.0 Å². The summed E-state index contributed by atoms with van der Waals surface area (Å²) in [5.41, 5.74) is -0.0573. The second-order valence-electron chi connectivity index (χ2n) is 2.97. The molecule has 0 fully saturated rings. The number of ether oxygens (including phenoxy) is 1. The number of hydrogen-bond donors (Lipinski definition) is 1. The van der Waals surface area contributed by atoms with Crippen LogP contribution in [0.5, 0.6) is 5.75 Å². The van der Waals surface area contributed by atoms with Crippen molar-refractivity contribution in [3.8, 4) is 5.75 Å². The molecule has 0 spiro atoms. The highest BCUT2D eigenvalue weighted by Crippen LogP contribution is 2.27. The monoisotopic (exact) mass is 290 g/mol. The first-order chi connectivity index (χ1) is 7.45. The van der Waals surface area contributed by atoms with Crippen LogP contribution in [0.4, 0.5) is 4.39 Å². The van der Waals surface area contributed by atoms with Crippen molar-refractivity contribution in [2.45, 2.75) is 6.42 Å². The van der Waals surface area contributed by atoms with Crippen LogP contribution in [-0.2, 0) is 16.0 Å². The summed E-state index contributed by atoms with van der Waals surface area (Å²) in [6.07, 6.45) is -0.530. The zero-order valence-corrected chi connectivity index (χ0v) is 9.88. The van der Waals surface area contributed by atoms with Gasteiger partial charge in [0.2, 0.25) is 5.78 Å². The highest BCUT2D eigenvalue weighted by Gasteiger charge is 2.19. The molecule has 0 bridgehead atoms. The summed E-state index contributed by atoms with van der Waals surface area (Å²) in [5.74, 6) is -3.22. The summed E-state index contributed by atoms with van der Waals surface area (Å²) in [4.78, 5) is 21.3. The molecule has 1 rings (SSSR count). The Labute approximate surface area is 99.2 Å². The highest BCUT2D eigenvalue weighted by atomic mass is 79.9. The lowest BCUT2D eigenvalue weighted by molar-refractivity contribution is -0.148. The number of carbonyl (C=O) groups excluding carboxylic acids is 1. The molecular weight excluding hydrogens is 283 g/mol. The maximum atomic E-state index is 13.5. The Morgan fingerprint density at radius 3 is 2.62 bits per heavy atom. The van der Waals surface area contributed by atoms with Crippen molar-refractivity contribution in [1.29, 1.82) is 0 Å². The lowest BCUT2D eigenvalue weighted by Crippen LogP contribution is -2.16. The zero-order chi connectivity index (χ0) is 12.3. The van der Waals surface area contributed by atoms with Crippen LogP contribution < -0.4 is 4.74 Å². The Kier molecular flexibility index (Phi) is 4.00. The molecule has 0 unspecified atom stereocenters. The van der Waals surface area contributed by atoms with Gasteiger partial charge in [-0.3, -0.25) is 4.79 Å². The van der Waals surface area contributed by atoms with Crippen molar-refractivity contribution < 1.29 is 23.8 Å². The maximum absolute atomic E-state index is 13.5. The van der Waals surface area contributed by atoms with E-state index in [2.05, 4.69) is 15.9 Å². The molecule has 1 aromatic carbocycles. The van der Waals surface area contributed by atoms with Gasteiger partial charge in [0.05, 0.1) is 7.11 Å². The average Bonchev–Trinajstić information content (AvgIpc) is 2.21. The van der Waals surface area contributed by atoms with E-state index in [1.165, 1.54) is 13.2 Å². The summed E-state index contributed by atoms with van der Waals surface area (Å²) >= 11 is 3.06. The Hall–Kier alpha value is -1.43. The Balaban J connectivity index is 3.12. The molecule has 0 aliphatic rings. The van der Waals surface area contributed by atoms with Gasteiger partial charge in [0, 0.05) is 16.5 Å². The van der Waals surface area contributed by atoms with Crippen LogP contribution in [0.3, 0.4) is 0 Å². The van der Waals surface area contributed by atoms with Gasteiger partial charge in [0.1, 0.15) is 11.6 Å². The van der Waals surface area contributed by atoms with Crippen LogP contribution in [0, 0.1) is 5.82 Å². The lowest BCUT2D eigenvalue weighted by atomic mass is 10.1. The predicted molar refractivity (Wildman–Crippen MR) is 57.0 cm³/mol. The van der Waals surface area contributed by atoms with Crippen molar-refractivity contribution in [3.05, 3.63) is 28.0 Å². The molecule has 6 heteroatoms. The molecule has 0 aliphatic heterocycles. The fourth-order valence-electron chi connectivity index (χ4n) is 1.17. The van der Waals surface area contributed by atoms with Crippen molar-refractivity contribution in [2.75, 3.05) is 7.11 Å². The smallest absolute Gasteiger partial charge is 0.372 e. The lowest BCUT2D eigenvalue weighted by Gasteiger charge is -2.08. The van der Waals surface area contributed by atoms with Crippen LogP contribution in [0.2, 0.25) is 0 Å². The normalized spacial score (nSPS) is 9.94. The number of carboxylic acids is 1. The van der Waals surface area contributed by atoms with Gasteiger partial charge in [0.25, 0.3) is 0 Å². The van der Waals surface area contributed by atoms with E-state index in [0.717, 1.165) is 6.07 Å². The van der Waals surface area contributed by atoms with E-state index in [9.17, 15) is 14.0 Å². The highest BCUT2D eigenvalue weighted by molar-refractivity contribution is 9.10. The molecule has 0 heterocycles. The summed E-state index contributed by atoms with van der Waals surface area (Å²) in [6.45, 7) is 0. The van der Waals surface area contributed by atoms with Crippen LogP contribution in [-0.4, -0.2) is 24.0 Å². The van der Waals surface area contributed by atoms with Crippen LogP contribution in [0.1, 0.15) is 5.56 Å². The number of carbonyl (C=O) groups is 2. The van der Waals surface area contributed by atoms with E-state index in [0.29, 0.717) is 4.47 Å². The van der Waals surface area contributed by atoms with Gasteiger partial charge in [-0.1, -0.05) is 15.9 Å². The number of hydrogen-bond acceptors (Lipinski definition) is 3. The molecule has 0 saturated carbocycles. The average molecular weight is 291 g/mol. The van der Waals surface area contributed by atoms with Crippen molar-refractivity contribution in [1.82, 2.24) is 0 Å². The Morgan fingerprint density at radius 1 is 1.50 bits per heavy atom. The maximum Gasteiger partial charge on any atom is 0.372 e. The summed E-state index contributed by atoms with van der Waals surface area (Å²) in [7, 11) is 1.32. The third-order valence-electron chi connectivity index (χ3n) is 1.92. The molecule has 0 saturated heterocycles. The number of halogens is 2. The van der Waals surface area contributed by atoms with Gasteiger partial charge in [-0.25, -0.2) is 9.18 Å². The molecule has 0 radical (unpaired) electrons. The number of rotatable bonds is 4. The van der Waals surface area contributed by atoms with Crippen LogP contribution in [0.25, 0.3) is 0 Å². The van der Waals surface area contributed by atoms with Crippen LogP contribution >= 0.6 is 15.9 Å². The van der Waals surface area contributed by atoms with Gasteiger partial charge < -0.3 is 9.84 Å². The second-order valence-corrected chi connectivity index (χ2v) is 3.89. The number of Topliss-reactive ketones (excluding diaryl/α,β-unsaturated/α-hetero) is 1. The SMILES string of the molecule is COc1cc(Br)cc(F)c1CC(=O)C(=O)O. The molecule has 16 heavy (non-hydrogen) atoms. The topological polar surface area (TPSA) is 63.6 Å². The fraction of sp³-hybridized carbons (Fsp3) is 0.200. The number of ketones is 1. The van der Waals surface area contributed by atoms with Gasteiger partial charge in [0.15, 0.2) is 0 Å². The predicted octanol–water partition coefficient (Wildman–Crippen LogP) is 1.79. The largest absolute Gasteiger partial charge is 0.496 e. The number of methoxy groups -OCH3 is 1. The summed E-state index contributed by atoms with van der Waals surface area (Å²) in [5, 5.41) is 8.43. The molecule has 0 aliphatic carbocycles. The fourth-order valence-corrected chi connectivity index (χ4v) is 1.58. The van der Waals surface area contributed by atoms with Gasteiger partial charge >= 0.3 is 5.97 Å². The standard InChI is InChI=1S/C10H8BrFO4/c1-16-9-3-5(11)2-7(12)6(9)4-8(13)10(14)15/h2-3H,4H2,1H3,(H,14,15). The van der Waals surface area contributed by atoms with E-state index in [-0.39, 0.29) is 11.3 Å². The van der Waals surface area contributed by atoms with E-state index in [1.807, 2.05) is 0 Å². The third kappa shape index (κ3) is 2.79. The minimum Gasteiger partial charge on any atom is -0.496 e. The molecule has 1 aromatic rings. The molecular formula is C10H8BrFO4. The van der Waals surface area contributed by atoms with Crippen LogP contribution in [0.15, 0.2) is 16.6 Å². The van der Waals surface area contributed by atoms with Gasteiger partial charge in [-0.15, -0.1) is 0 Å². The number of carboxylic acid groups (broad SMARTS) is 1. The summed E-state index contributed by atoms with van der Waals surface area (Å²) in [6, 6.07) is 2.61. The molecule has 1 N–H and O–H groups in total. The molecule has 0 aromatic heterocycles. The third-order valence-corrected chi connectivity index (χ3v) is 2.37. The van der Waals surface area contributed by atoms with E-state index in [1.54, 1.807) is 0 Å². The van der Waals surface area contributed by atoms with Gasteiger partial charge in [-0.05, 0) is 12.1 Å². The molecule has 0 amide bonds. The zero-order valence-electron chi connectivity index (χ0n) is 8.29. The first-order valence-corrected chi connectivity index (χ1v) is 5.03. The number of aliphatic carboxylic acids is 1. The number of benzene rings is 1. The minimum absolute atomic E-state index is 0.0573. The molecule has 0 atom stereocenters. The first kappa shape index (κ1) is 12.6. The van der Waals surface area contributed by atoms with Gasteiger partial charge in [-0.2, -0.15) is 0 Å². The molecule has 4 nitrogen and oxygen atoms in total. The first-order valence-electron chi connectivity index (χ1n) is 4.23. The second kappa shape index (κ2) is 5.07. The minimum atomic E-state index is -1.59.